The van der Waals surface area contributed by atoms with Crippen LogP contribution in [-0.2, 0) is 19.8 Å². The highest BCUT2D eigenvalue weighted by Crippen LogP contribution is 2.39. The van der Waals surface area contributed by atoms with Crippen LogP contribution < -0.4 is 30.5 Å². The summed E-state index contributed by atoms with van der Waals surface area (Å²) < 4.78 is 54.9. The van der Waals surface area contributed by atoms with Gasteiger partial charge in [0.2, 0.25) is 11.6 Å². The maximum Gasteiger partial charge on any atom is 0.451 e. The molecule has 13 heteroatoms. The van der Waals surface area contributed by atoms with Crippen molar-refractivity contribution in [3.8, 4) is 17.2 Å². The molecule has 2 amide bonds. The summed E-state index contributed by atoms with van der Waals surface area (Å²) >= 11 is 0. The first-order valence-corrected chi connectivity index (χ1v) is 8.18. The Morgan fingerprint density at radius 2 is 1.72 bits per heavy atom. The molecule has 0 spiro atoms. The van der Waals surface area contributed by atoms with Gasteiger partial charge in [0.15, 0.2) is 11.5 Å². The topological polar surface area (TPSA) is 109 Å². The second-order valence-electron chi connectivity index (χ2n) is 5.68. The fourth-order valence-corrected chi connectivity index (χ4v) is 2.48. The Hall–Kier alpha value is -3.38. The van der Waals surface area contributed by atoms with Gasteiger partial charge in [-0.15, -0.1) is 5.10 Å². The Morgan fingerprint density at radius 3 is 2.17 bits per heavy atom. The normalized spacial score (nSPS) is 11.1. The predicted octanol–water partition coefficient (Wildman–Crippen LogP) is 1.45. The lowest BCUT2D eigenvalue weighted by Gasteiger charge is -2.14. The van der Waals surface area contributed by atoms with Crippen LogP contribution in [0.25, 0.3) is 0 Å². The van der Waals surface area contributed by atoms with Gasteiger partial charge in [0, 0.05) is 25.7 Å². The van der Waals surface area contributed by atoms with E-state index in [1.54, 1.807) is 0 Å². The Labute approximate surface area is 163 Å². The van der Waals surface area contributed by atoms with E-state index in [2.05, 4.69) is 15.7 Å². The van der Waals surface area contributed by atoms with Gasteiger partial charge in [-0.2, -0.15) is 13.2 Å². The van der Waals surface area contributed by atoms with Gasteiger partial charge in [0.05, 0.1) is 33.6 Å². The van der Waals surface area contributed by atoms with Crippen LogP contribution in [-0.4, -0.2) is 48.3 Å². The third-order valence-electron chi connectivity index (χ3n) is 3.83. The lowest BCUT2D eigenvalue weighted by atomic mass is 10.2. The highest BCUT2D eigenvalue weighted by atomic mass is 19.4. The molecule has 10 nitrogen and oxygen atoms in total. The highest BCUT2D eigenvalue weighted by molar-refractivity contribution is 5.90. The van der Waals surface area contributed by atoms with E-state index in [4.69, 9.17) is 14.2 Å². The first-order valence-electron chi connectivity index (χ1n) is 8.18. The summed E-state index contributed by atoms with van der Waals surface area (Å²) in [5.74, 6) is -0.330. The van der Waals surface area contributed by atoms with Crippen molar-refractivity contribution in [2.45, 2.75) is 12.7 Å². The molecule has 0 unspecified atom stereocenters. The fraction of sp³-hybridized carbons (Fsp3) is 0.438. The number of nitrogens with zero attached hydrogens (tertiary/aromatic N) is 3. The molecule has 1 aromatic heterocycles. The number of methoxy groups -OCH3 is 3. The number of amides is 2. The average Bonchev–Trinajstić information content (AvgIpc) is 2.95. The molecule has 0 atom stereocenters. The van der Waals surface area contributed by atoms with Gasteiger partial charge in [0.1, 0.15) is 0 Å². The summed E-state index contributed by atoms with van der Waals surface area (Å²) in [5.41, 5.74) is -0.615. The van der Waals surface area contributed by atoms with E-state index in [9.17, 15) is 22.8 Å². The number of alkyl halides is 3. The Morgan fingerprint density at radius 1 is 1.14 bits per heavy atom. The van der Waals surface area contributed by atoms with Gasteiger partial charge in [-0.05, 0) is 0 Å². The van der Waals surface area contributed by atoms with E-state index < -0.39 is 23.7 Å². The SMILES string of the molecule is COc1cc(NC(=O)NCCn2nc(C(F)(F)F)n(C)c2=O)cc(OC)c1OC. The first-order chi connectivity index (χ1) is 13.6. The average molecular weight is 419 g/mol. The van der Waals surface area contributed by atoms with E-state index >= 15 is 0 Å². The number of anilines is 1. The van der Waals surface area contributed by atoms with E-state index in [1.807, 2.05) is 0 Å². The molecule has 160 valence electrons. The summed E-state index contributed by atoms with van der Waals surface area (Å²) in [6.45, 7) is -0.379. The largest absolute Gasteiger partial charge is 0.493 e. The Balaban J connectivity index is 2.02. The van der Waals surface area contributed by atoms with Crippen LogP contribution in [0.15, 0.2) is 16.9 Å². The van der Waals surface area contributed by atoms with Crippen molar-refractivity contribution in [1.82, 2.24) is 19.7 Å². The second-order valence-corrected chi connectivity index (χ2v) is 5.68. The van der Waals surface area contributed by atoms with Gasteiger partial charge in [-0.3, -0.25) is 4.57 Å². The molecule has 0 fully saturated rings. The monoisotopic (exact) mass is 419 g/mol. The van der Waals surface area contributed by atoms with Gasteiger partial charge in [-0.25, -0.2) is 14.3 Å². The molecule has 2 aromatic rings. The third kappa shape index (κ3) is 4.92. The number of halogens is 3. The summed E-state index contributed by atoms with van der Waals surface area (Å²) in [4.78, 5) is 23.8. The standard InChI is InChI=1S/C16H20F3N5O5/c1-23-13(16(17,18)19)22-24(15(23)26)6-5-20-14(25)21-9-7-10(27-2)12(29-4)11(8-9)28-3/h7-8H,5-6H2,1-4H3,(H2,20,21,25). The van der Waals surface area contributed by atoms with Crippen LogP contribution in [0.1, 0.15) is 5.82 Å². The Bertz CT molecular complexity index is 913. The second kappa shape index (κ2) is 8.75. The van der Waals surface area contributed by atoms with Crippen LogP contribution in [0.2, 0.25) is 0 Å². The van der Waals surface area contributed by atoms with Crippen LogP contribution in [0.3, 0.4) is 0 Å². The molecule has 0 radical (unpaired) electrons. The van der Waals surface area contributed by atoms with Crippen LogP contribution in [0, 0.1) is 0 Å². The van der Waals surface area contributed by atoms with Crippen molar-refractivity contribution in [2.24, 2.45) is 7.05 Å². The molecule has 0 aliphatic carbocycles. The first kappa shape index (κ1) is 21.9. The van der Waals surface area contributed by atoms with Gasteiger partial charge in [0.25, 0.3) is 0 Å². The van der Waals surface area contributed by atoms with Crippen molar-refractivity contribution in [1.29, 1.82) is 0 Å². The minimum Gasteiger partial charge on any atom is -0.493 e. The van der Waals surface area contributed by atoms with Gasteiger partial charge < -0.3 is 24.8 Å². The molecule has 2 N–H and O–H groups in total. The maximum absolute atomic E-state index is 12.8. The number of hydrogen-bond donors (Lipinski definition) is 2. The summed E-state index contributed by atoms with van der Waals surface area (Å²) in [7, 11) is 5.24. The quantitative estimate of drug-likeness (QED) is 0.703. The zero-order valence-electron chi connectivity index (χ0n) is 16.1. The minimum absolute atomic E-state index is 0.134. The smallest absolute Gasteiger partial charge is 0.451 e. The number of hydrogen-bond acceptors (Lipinski definition) is 6. The predicted molar refractivity (Wildman–Crippen MR) is 95.6 cm³/mol. The summed E-state index contributed by atoms with van der Waals surface area (Å²) in [5, 5.41) is 8.20. The van der Waals surface area contributed by atoms with Gasteiger partial charge >= 0.3 is 17.9 Å². The molecule has 0 bridgehead atoms. The zero-order chi connectivity index (χ0) is 21.8. The number of urea groups is 1. The summed E-state index contributed by atoms with van der Waals surface area (Å²) in [6, 6.07) is 2.35. The van der Waals surface area contributed by atoms with Crippen LogP contribution in [0.5, 0.6) is 17.2 Å². The summed E-state index contributed by atoms with van der Waals surface area (Å²) in [6.07, 6.45) is -4.75. The molecule has 1 aromatic carbocycles. The lowest BCUT2D eigenvalue weighted by Crippen LogP contribution is -2.34. The lowest BCUT2D eigenvalue weighted by molar-refractivity contribution is -0.147. The van der Waals surface area contributed by atoms with E-state index in [1.165, 1.54) is 33.5 Å². The van der Waals surface area contributed by atoms with E-state index in [0.29, 0.717) is 32.2 Å². The van der Waals surface area contributed by atoms with Crippen molar-refractivity contribution in [3.63, 3.8) is 0 Å². The molecule has 2 rings (SSSR count). The van der Waals surface area contributed by atoms with Crippen molar-refractivity contribution in [3.05, 3.63) is 28.4 Å². The number of rotatable bonds is 7. The number of ether oxygens (including phenoxy) is 3. The van der Waals surface area contributed by atoms with Gasteiger partial charge in [-0.1, -0.05) is 0 Å². The molecule has 0 aliphatic rings. The molecule has 29 heavy (non-hydrogen) atoms. The number of carbonyl (C=O) groups is 1. The molecule has 0 saturated heterocycles. The van der Waals surface area contributed by atoms with Crippen LogP contribution in [0.4, 0.5) is 23.7 Å². The Kier molecular flexibility index (Phi) is 6.61. The zero-order valence-corrected chi connectivity index (χ0v) is 16.1. The molecule has 0 saturated carbocycles. The van der Waals surface area contributed by atoms with E-state index in [0.717, 1.165) is 7.05 Å². The molecular weight excluding hydrogens is 399 g/mol. The van der Waals surface area contributed by atoms with Crippen molar-refractivity contribution >= 4 is 11.7 Å². The third-order valence-corrected chi connectivity index (χ3v) is 3.83. The highest BCUT2D eigenvalue weighted by Gasteiger charge is 2.37. The number of benzene rings is 1. The molecular formula is C16H20F3N5O5. The van der Waals surface area contributed by atoms with Crippen LogP contribution >= 0.6 is 0 Å². The fourth-order valence-electron chi connectivity index (χ4n) is 2.48. The van der Waals surface area contributed by atoms with Crippen molar-refractivity contribution < 1.29 is 32.2 Å². The van der Waals surface area contributed by atoms with Crippen molar-refractivity contribution in [2.75, 3.05) is 33.2 Å². The number of carbonyl (C=O) groups excluding carboxylic acids is 1. The number of aromatic nitrogens is 3. The maximum atomic E-state index is 12.8. The van der Waals surface area contributed by atoms with E-state index in [-0.39, 0.29) is 13.1 Å². The minimum atomic E-state index is -4.75. The molecule has 1 heterocycles. The molecule has 0 aliphatic heterocycles. The number of nitrogens with one attached hydrogen (secondary N) is 2.